The van der Waals surface area contributed by atoms with Crippen LogP contribution in [0.2, 0.25) is 0 Å². The topological polar surface area (TPSA) is 127 Å². The van der Waals surface area contributed by atoms with Gasteiger partial charge in [-0.3, -0.25) is 9.59 Å². The second kappa shape index (κ2) is 6.75. The molecule has 0 saturated carbocycles. The van der Waals surface area contributed by atoms with E-state index in [-0.39, 0.29) is 22.9 Å². The number of aromatic amines is 1. The molecule has 0 radical (unpaired) electrons. The Labute approximate surface area is 142 Å². The van der Waals surface area contributed by atoms with Crippen LogP contribution in [0.1, 0.15) is 21.0 Å². The van der Waals surface area contributed by atoms with Crippen LogP contribution >= 0.6 is 0 Å². The van der Waals surface area contributed by atoms with Crippen molar-refractivity contribution in [3.05, 3.63) is 66.2 Å². The van der Waals surface area contributed by atoms with Crippen molar-refractivity contribution in [2.45, 2.75) is 0 Å². The monoisotopic (exact) mass is 338 g/mol. The van der Waals surface area contributed by atoms with Crippen LogP contribution in [-0.2, 0) is 0 Å². The fourth-order valence-corrected chi connectivity index (χ4v) is 2.11. The van der Waals surface area contributed by atoms with Crippen molar-refractivity contribution >= 4 is 23.2 Å². The molecule has 3 aromatic rings. The van der Waals surface area contributed by atoms with E-state index in [2.05, 4.69) is 20.6 Å². The lowest BCUT2D eigenvalue weighted by molar-refractivity contribution is 0.0985. The average Bonchev–Trinajstić information content (AvgIpc) is 3.09. The number of nitrogens with one attached hydrogen (secondary N) is 3. The van der Waals surface area contributed by atoms with Crippen LogP contribution < -0.4 is 10.6 Å². The third-order valence-corrected chi connectivity index (χ3v) is 3.33. The SMILES string of the molecule is O=C(Nc1ccc(O)cc1)c1nc[nH]c1C(=O)Nc1ccc(O)cc1. The number of phenolic OH excluding ortho intramolecular Hbond substituents is 2. The summed E-state index contributed by atoms with van der Waals surface area (Å²) in [6.45, 7) is 0. The Hall–Kier alpha value is -3.81. The Kier molecular flexibility index (Phi) is 4.34. The van der Waals surface area contributed by atoms with Crippen molar-refractivity contribution in [2.24, 2.45) is 0 Å². The number of benzene rings is 2. The molecule has 2 aromatic carbocycles. The Balaban J connectivity index is 1.74. The van der Waals surface area contributed by atoms with Gasteiger partial charge in [-0.15, -0.1) is 0 Å². The number of amides is 2. The highest BCUT2D eigenvalue weighted by molar-refractivity contribution is 6.13. The first kappa shape index (κ1) is 16.1. The molecule has 0 spiro atoms. The first-order valence-electron chi connectivity index (χ1n) is 7.27. The molecule has 8 heteroatoms. The van der Waals surface area contributed by atoms with Crippen molar-refractivity contribution in [1.29, 1.82) is 0 Å². The second-order valence-corrected chi connectivity index (χ2v) is 5.13. The van der Waals surface area contributed by atoms with E-state index in [1.54, 1.807) is 0 Å². The molecule has 25 heavy (non-hydrogen) atoms. The first-order valence-corrected chi connectivity index (χ1v) is 7.27. The number of aromatic nitrogens is 2. The number of H-pyrrole nitrogens is 1. The van der Waals surface area contributed by atoms with Crippen molar-refractivity contribution in [1.82, 2.24) is 9.97 Å². The van der Waals surface area contributed by atoms with Crippen molar-refractivity contribution in [2.75, 3.05) is 10.6 Å². The molecular weight excluding hydrogens is 324 g/mol. The van der Waals surface area contributed by atoms with E-state index in [1.807, 2.05) is 0 Å². The molecule has 1 aromatic heterocycles. The molecule has 0 aliphatic heterocycles. The lowest BCUT2D eigenvalue weighted by atomic mass is 10.2. The molecule has 8 nitrogen and oxygen atoms in total. The number of imidazole rings is 1. The number of phenols is 2. The van der Waals surface area contributed by atoms with Gasteiger partial charge in [0, 0.05) is 11.4 Å². The molecule has 1 heterocycles. The van der Waals surface area contributed by atoms with E-state index >= 15 is 0 Å². The molecule has 126 valence electrons. The van der Waals surface area contributed by atoms with Gasteiger partial charge in [-0.05, 0) is 48.5 Å². The van der Waals surface area contributed by atoms with Crippen molar-refractivity contribution < 1.29 is 19.8 Å². The molecular formula is C17H14N4O4. The van der Waals surface area contributed by atoms with Crippen molar-refractivity contribution in [3.63, 3.8) is 0 Å². The summed E-state index contributed by atoms with van der Waals surface area (Å²) < 4.78 is 0. The Morgan fingerprint density at radius 3 is 1.80 bits per heavy atom. The second-order valence-electron chi connectivity index (χ2n) is 5.13. The molecule has 3 rings (SSSR count). The van der Waals surface area contributed by atoms with Gasteiger partial charge in [0.1, 0.15) is 17.2 Å². The normalized spacial score (nSPS) is 10.2. The molecule has 0 saturated heterocycles. The summed E-state index contributed by atoms with van der Waals surface area (Å²) in [5.74, 6) is -0.956. The minimum Gasteiger partial charge on any atom is -0.508 e. The maximum Gasteiger partial charge on any atom is 0.276 e. The van der Waals surface area contributed by atoms with Gasteiger partial charge in [-0.2, -0.15) is 0 Å². The van der Waals surface area contributed by atoms with Crippen LogP contribution in [0.5, 0.6) is 11.5 Å². The van der Waals surface area contributed by atoms with Gasteiger partial charge in [0.15, 0.2) is 5.69 Å². The number of anilines is 2. The Bertz CT molecular complexity index is 827. The van der Waals surface area contributed by atoms with E-state index in [1.165, 1.54) is 54.9 Å². The quantitative estimate of drug-likeness (QED) is 0.467. The number of carbonyl (C=O) groups is 2. The smallest absolute Gasteiger partial charge is 0.276 e. The first-order chi connectivity index (χ1) is 12.0. The van der Waals surface area contributed by atoms with Gasteiger partial charge < -0.3 is 25.8 Å². The predicted molar refractivity (Wildman–Crippen MR) is 90.7 cm³/mol. The summed E-state index contributed by atoms with van der Waals surface area (Å²) in [6.07, 6.45) is 1.25. The third-order valence-electron chi connectivity index (χ3n) is 3.33. The van der Waals surface area contributed by atoms with Crippen LogP contribution in [0.4, 0.5) is 11.4 Å². The van der Waals surface area contributed by atoms with Gasteiger partial charge >= 0.3 is 0 Å². The number of rotatable bonds is 4. The maximum absolute atomic E-state index is 12.3. The van der Waals surface area contributed by atoms with Crippen molar-refractivity contribution in [3.8, 4) is 11.5 Å². The minimum atomic E-state index is -0.567. The van der Waals surface area contributed by atoms with Crippen LogP contribution in [-0.4, -0.2) is 32.0 Å². The fourth-order valence-electron chi connectivity index (χ4n) is 2.11. The predicted octanol–water partition coefficient (Wildman–Crippen LogP) is 2.33. The minimum absolute atomic E-state index is 0.00403. The van der Waals surface area contributed by atoms with Gasteiger partial charge in [0.25, 0.3) is 11.8 Å². The van der Waals surface area contributed by atoms with E-state index in [0.29, 0.717) is 11.4 Å². The zero-order valence-electron chi connectivity index (χ0n) is 12.9. The third kappa shape index (κ3) is 3.75. The summed E-state index contributed by atoms with van der Waals surface area (Å²) >= 11 is 0. The molecule has 0 fully saturated rings. The van der Waals surface area contributed by atoms with Gasteiger partial charge in [-0.25, -0.2) is 4.98 Å². The zero-order chi connectivity index (χ0) is 17.8. The number of nitrogens with zero attached hydrogens (tertiary/aromatic N) is 1. The molecule has 0 bridgehead atoms. The molecule has 0 aliphatic carbocycles. The van der Waals surface area contributed by atoms with E-state index in [9.17, 15) is 19.8 Å². The summed E-state index contributed by atoms with van der Waals surface area (Å²) in [7, 11) is 0. The highest BCUT2D eigenvalue weighted by Crippen LogP contribution is 2.17. The largest absolute Gasteiger partial charge is 0.508 e. The average molecular weight is 338 g/mol. The Morgan fingerprint density at radius 2 is 1.28 bits per heavy atom. The number of carbonyl (C=O) groups excluding carboxylic acids is 2. The molecule has 5 N–H and O–H groups in total. The lowest BCUT2D eigenvalue weighted by Crippen LogP contribution is -2.20. The summed E-state index contributed by atoms with van der Waals surface area (Å²) in [6, 6.07) is 11.8. The fraction of sp³-hybridized carbons (Fsp3) is 0. The zero-order valence-corrected chi connectivity index (χ0v) is 12.9. The summed E-state index contributed by atoms with van der Waals surface area (Å²) in [5, 5.41) is 23.7. The standard InChI is InChI=1S/C17H14N4O4/c22-12-5-1-10(2-6-12)20-16(24)14-15(19-9-18-14)17(25)21-11-3-7-13(23)8-4-11/h1-9,22-23H,(H,18,19)(H,20,24)(H,21,25). The van der Waals surface area contributed by atoms with E-state index in [0.717, 1.165) is 0 Å². The lowest BCUT2D eigenvalue weighted by Gasteiger charge is -2.07. The van der Waals surface area contributed by atoms with Gasteiger partial charge in [0.05, 0.1) is 6.33 Å². The van der Waals surface area contributed by atoms with Gasteiger partial charge in [-0.1, -0.05) is 0 Å². The van der Waals surface area contributed by atoms with Crippen LogP contribution in [0.25, 0.3) is 0 Å². The van der Waals surface area contributed by atoms with E-state index < -0.39 is 11.8 Å². The van der Waals surface area contributed by atoms with Crippen LogP contribution in [0.3, 0.4) is 0 Å². The van der Waals surface area contributed by atoms with Crippen LogP contribution in [0.15, 0.2) is 54.9 Å². The van der Waals surface area contributed by atoms with Crippen LogP contribution in [0, 0.1) is 0 Å². The van der Waals surface area contributed by atoms with E-state index in [4.69, 9.17) is 0 Å². The maximum atomic E-state index is 12.3. The highest BCUT2D eigenvalue weighted by Gasteiger charge is 2.20. The number of hydrogen-bond acceptors (Lipinski definition) is 5. The number of aromatic hydroxyl groups is 2. The summed E-state index contributed by atoms with van der Waals surface area (Å²) in [5.41, 5.74) is 0.853. The summed E-state index contributed by atoms with van der Waals surface area (Å²) in [4.78, 5) is 31.2. The highest BCUT2D eigenvalue weighted by atomic mass is 16.3. The molecule has 0 unspecified atom stereocenters. The molecule has 2 amide bonds. The molecule has 0 atom stereocenters. The number of hydrogen-bond donors (Lipinski definition) is 5. The van der Waals surface area contributed by atoms with Gasteiger partial charge in [0.2, 0.25) is 0 Å². The molecule has 0 aliphatic rings. The Morgan fingerprint density at radius 1 is 0.800 bits per heavy atom.